The maximum Gasteiger partial charge on any atom is 0.332 e. The molecule has 4 rings (SSSR count). The van der Waals surface area contributed by atoms with E-state index in [9.17, 15) is 9.59 Å². The number of fused-ring (bicyclic) bond motifs is 1. The van der Waals surface area contributed by atoms with Crippen LogP contribution in [0.5, 0.6) is 5.75 Å². The van der Waals surface area contributed by atoms with E-state index in [1.807, 2.05) is 31.2 Å². The van der Waals surface area contributed by atoms with Gasteiger partial charge in [0.25, 0.3) is 5.91 Å². The molecule has 0 saturated carbocycles. The molecule has 2 aromatic carbocycles. The molecule has 0 aliphatic heterocycles. The Hall–Kier alpha value is -3.46. The second-order valence-electron chi connectivity index (χ2n) is 6.41. The number of halogens is 1. The van der Waals surface area contributed by atoms with Gasteiger partial charge in [0.1, 0.15) is 11.3 Å². The molecule has 0 unspecified atom stereocenters. The molecule has 2 aromatic heterocycles. The summed E-state index contributed by atoms with van der Waals surface area (Å²) >= 11 is 3.42. The van der Waals surface area contributed by atoms with E-state index in [1.165, 1.54) is 11.7 Å². The zero-order valence-corrected chi connectivity index (χ0v) is 17.1. The Morgan fingerprint density at radius 2 is 2.00 bits per heavy atom. The lowest BCUT2D eigenvalue weighted by molar-refractivity contribution is 0.0997. The SMILES string of the molecule is COc1ccc(Br)cc1-c1nc(C(N)=O)c2[nH]c(=O)n(-c3cccc(C)c3)c2n1. The van der Waals surface area contributed by atoms with Gasteiger partial charge in [-0.2, -0.15) is 0 Å². The number of carbonyl (C=O) groups excluding carboxylic acids is 1. The molecule has 0 spiro atoms. The minimum absolute atomic E-state index is 0.0736. The predicted octanol–water partition coefficient (Wildman–Crippen LogP) is 2.95. The van der Waals surface area contributed by atoms with Crippen molar-refractivity contribution in [2.45, 2.75) is 6.92 Å². The number of methoxy groups -OCH3 is 1. The molecule has 2 heterocycles. The van der Waals surface area contributed by atoms with Crippen molar-refractivity contribution in [2.24, 2.45) is 5.73 Å². The highest BCUT2D eigenvalue weighted by atomic mass is 79.9. The molecule has 0 bridgehead atoms. The van der Waals surface area contributed by atoms with Crippen LogP contribution in [0.1, 0.15) is 16.1 Å². The third kappa shape index (κ3) is 3.29. The van der Waals surface area contributed by atoms with Crippen LogP contribution in [0.2, 0.25) is 0 Å². The van der Waals surface area contributed by atoms with Gasteiger partial charge in [-0.25, -0.2) is 19.3 Å². The molecular formula is C20H16BrN5O3. The number of nitrogens with two attached hydrogens (primary N) is 1. The highest BCUT2D eigenvalue weighted by Gasteiger charge is 2.21. The first-order chi connectivity index (χ1) is 13.9. The molecule has 9 heteroatoms. The number of hydrogen-bond donors (Lipinski definition) is 2. The smallest absolute Gasteiger partial charge is 0.332 e. The first-order valence-corrected chi connectivity index (χ1v) is 9.42. The number of aromatic nitrogens is 4. The third-order valence-electron chi connectivity index (χ3n) is 4.43. The molecular weight excluding hydrogens is 438 g/mol. The van der Waals surface area contributed by atoms with Crippen LogP contribution in [0, 0.1) is 6.92 Å². The second-order valence-corrected chi connectivity index (χ2v) is 7.32. The summed E-state index contributed by atoms with van der Waals surface area (Å²) in [5.74, 6) is -0.0435. The maximum atomic E-state index is 12.7. The summed E-state index contributed by atoms with van der Waals surface area (Å²) in [4.78, 5) is 36.3. The Morgan fingerprint density at radius 1 is 1.21 bits per heavy atom. The van der Waals surface area contributed by atoms with Crippen LogP contribution in [0.25, 0.3) is 28.2 Å². The van der Waals surface area contributed by atoms with Crippen LogP contribution in [-0.2, 0) is 0 Å². The molecule has 0 saturated heterocycles. The molecule has 4 aromatic rings. The number of primary amides is 1. The minimum Gasteiger partial charge on any atom is -0.496 e. The Labute approximate surface area is 173 Å². The molecule has 146 valence electrons. The predicted molar refractivity (Wildman–Crippen MR) is 112 cm³/mol. The van der Waals surface area contributed by atoms with E-state index < -0.39 is 11.6 Å². The normalized spacial score (nSPS) is 11.0. The number of aryl methyl sites for hydroxylation is 1. The van der Waals surface area contributed by atoms with Crippen molar-refractivity contribution in [3.8, 4) is 22.8 Å². The quantitative estimate of drug-likeness (QED) is 0.492. The monoisotopic (exact) mass is 453 g/mol. The Kier molecular flexibility index (Phi) is 4.67. The third-order valence-corrected chi connectivity index (χ3v) is 4.93. The van der Waals surface area contributed by atoms with Gasteiger partial charge in [0.2, 0.25) is 0 Å². The van der Waals surface area contributed by atoms with Gasteiger partial charge < -0.3 is 15.5 Å². The zero-order chi connectivity index (χ0) is 20.7. The Balaban J connectivity index is 2.09. The number of nitrogens with zero attached hydrogens (tertiary/aromatic N) is 3. The summed E-state index contributed by atoms with van der Waals surface area (Å²) in [6.45, 7) is 1.92. The van der Waals surface area contributed by atoms with E-state index in [1.54, 1.807) is 18.2 Å². The fourth-order valence-corrected chi connectivity index (χ4v) is 3.51. The first-order valence-electron chi connectivity index (χ1n) is 8.62. The van der Waals surface area contributed by atoms with Crippen LogP contribution in [0.3, 0.4) is 0 Å². The number of amides is 1. The van der Waals surface area contributed by atoms with Crippen molar-refractivity contribution in [1.82, 2.24) is 19.5 Å². The van der Waals surface area contributed by atoms with Crippen LogP contribution >= 0.6 is 15.9 Å². The van der Waals surface area contributed by atoms with Crippen molar-refractivity contribution in [3.05, 3.63) is 68.7 Å². The number of imidazole rings is 1. The summed E-state index contributed by atoms with van der Waals surface area (Å²) in [7, 11) is 1.53. The van der Waals surface area contributed by atoms with Gasteiger partial charge >= 0.3 is 5.69 Å². The summed E-state index contributed by atoms with van der Waals surface area (Å²) < 4.78 is 7.58. The number of aromatic amines is 1. The first kappa shape index (κ1) is 18.9. The number of ether oxygens (including phenoxy) is 1. The number of H-pyrrole nitrogens is 1. The summed E-state index contributed by atoms with van der Waals surface area (Å²) in [5.41, 5.74) is 7.60. The highest BCUT2D eigenvalue weighted by Crippen LogP contribution is 2.32. The molecule has 0 radical (unpaired) electrons. The molecule has 1 amide bonds. The van der Waals surface area contributed by atoms with Gasteiger partial charge in [0.15, 0.2) is 17.2 Å². The lowest BCUT2D eigenvalue weighted by Crippen LogP contribution is -2.15. The van der Waals surface area contributed by atoms with Crippen molar-refractivity contribution < 1.29 is 9.53 Å². The van der Waals surface area contributed by atoms with Gasteiger partial charge in [-0.1, -0.05) is 28.1 Å². The number of carbonyl (C=O) groups is 1. The molecule has 3 N–H and O–H groups in total. The molecule has 29 heavy (non-hydrogen) atoms. The summed E-state index contributed by atoms with van der Waals surface area (Å²) in [5, 5.41) is 0. The fraction of sp³-hybridized carbons (Fsp3) is 0.100. The average molecular weight is 454 g/mol. The van der Waals surface area contributed by atoms with Gasteiger partial charge in [-0.05, 0) is 42.8 Å². The van der Waals surface area contributed by atoms with E-state index in [0.717, 1.165) is 10.0 Å². The van der Waals surface area contributed by atoms with E-state index in [2.05, 4.69) is 30.9 Å². The van der Waals surface area contributed by atoms with E-state index in [-0.39, 0.29) is 22.7 Å². The minimum atomic E-state index is -0.773. The van der Waals surface area contributed by atoms with Crippen LogP contribution < -0.4 is 16.2 Å². The number of rotatable bonds is 4. The van der Waals surface area contributed by atoms with E-state index >= 15 is 0 Å². The topological polar surface area (TPSA) is 116 Å². The standard InChI is InChI=1S/C20H16BrN5O3/c1-10-4-3-5-12(8-10)26-19-16(24-20(26)28)15(17(22)27)23-18(25-19)13-9-11(21)6-7-14(13)29-2/h3-9H,1-2H3,(H2,22,27)(H,24,28). The molecule has 0 aliphatic rings. The highest BCUT2D eigenvalue weighted by molar-refractivity contribution is 9.10. The molecule has 8 nitrogen and oxygen atoms in total. The maximum absolute atomic E-state index is 12.7. The van der Waals surface area contributed by atoms with Gasteiger partial charge in [-0.15, -0.1) is 0 Å². The molecule has 0 fully saturated rings. The second kappa shape index (κ2) is 7.17. The Bertz CT molecular complexity index is 1330. The van der Waals surface area contributed by atoms with Gasteiger partial charge in [0.05, 0.1) is 18.4 Å². The number of hydrogen-bond acceptors (Lipinski definition) is 5. The summed E-state index contributed by atoms with van der Waals surface area (Å²) in [6.07, 6.45) is 0. The average Bonchev–Trinajstić information content (AvgIpc) is 3.02. The van der Waals surface area contributed by atoms with Crippen molar-refractivity contribution in [3.63, 3.8) is 0 Å². The molecule has 0 atom stereocenters. The van der Waals surface area contributed by atoms with Crippen molar-refractivity contribution in [2.75, 3.05) is 7.11 Å². The number of nitrogens with one attached hydrogen (secondary N) is 1. The lowest BCUT2D eigenvalue weighted by atomic mass is 10.1. The van der Waals surface area contributed by atoms with Crippen LogP contribution in [0.4, 0.5) is 0 Å². The van der Waals surface area contributed by atoms with E-state index in [0.29, 0.717) is 17.0 Å². The summed E-state index contributed by atoms with van der Waals surface area (Å²) in [6, 6.07) is 12.7. The Morgan fingerprint density at radius 3 is 2.69 bits per heavy atom. The van der Waals surface area contributed by atoms with Gasteiger partial charge in [-0.3, -0.25) is 4.79 Å². The fourth-order valence-electron chi connectivity index (χ4n) is 3.15. The lowest BCUT2D eigenvalue weighted by Gasteiger charge is -2.10. The molecule has 0 aliphatic carbocycles. The van der Waals surface area contributed by atoms with Crippen molar-refractivity contribution in [1.29, 1.82) is 0 Å². The largest absolute Gasteiger partial charge is 0.496 e. The van der Waals surface area contributed by atoms with E-state index in [4.69, 9.17) is 10.5 Å². The van der Waals surface area contributed by atoms with Crippen molar-refractivity contribution >= 4 is 33.0 Å². The van der Waals surface area contributed by atoms with Crippen LogP contribution in [-0.4, -0.2) is 32.5 Å². The van der Waals surface area contributed by atoms with Crippen LogP contribution in [0.15, 0.2) is 51.7 Å². The zero-order valence-electron chi connectivity index (χ0n) is 15.6. The van der Waals surface area contributed by atoms with Gasteiger partial charge in [0, 0.05) is 4.47 Å². The number of benzene rings is 2.